The van der Waals surface area contributed by atoms with Gasteiger partial charge in [-0.15, -0.1) is 0 Å². The van der Waals surface area contributed by atoms with Gasteiger partial charge < -0.3 is 20.1 Å². The lowest BCUT2D eigenvalue weighted by molar-refractivity contribution is 0.0510. The maximum Gasteiger partial charge on any atom is 0.0611 e. The van der Waals surface area contributed by atoms with Gasteiger partial charge in [0.05, 0.1) is 19.3 Å². The fourth-order valence-electron chi connectivity index (χ4n) is 1.71. The zero-order valence-corrected chi connectivity index (χ0v) is 12.3. The van der Waals surface area contributed by atoms with Gasteiger partial charge in [-0.2, -0.15) is 0 Å². The SMILES string of the molecule is CNC(C)(CO)CC(C)N(C)CCOC(C)C. The molecule has 0 radical (unpaired) electrons. The Morgan fingerprint density at radius 2 is 1.94 bits per heavy atom. The lowest BCUT2D eigenvalue weighted by Crippen LogP contribution is -2.48. The van der Waals surface area contributed by atoms with Crippen LogP contribution < -0.4 is 5.32 Å². The van der Waals surface area contributed by atoms with Crippen molar-refractivity contribution in [2.45, 2.75) is 51.8 Å². The molecule has 0 aliphatic rings. The second kappa shape index (κ2) is 8.03. The van der Waals surface area contributed by atoms with Gasteiger partial charge in [0.25, 0.3) is 0 Å². The summed E-state index contributed by atoms with van der Waals surface area (Å²) in [5, 5.41) is 12.5. The van der Waals surface area contributed by atoms with Crippen LogP contribution in [0.2, 0.25) is 0 Å². The third-order valence-corrected chi connectivity index (χ3v) is 3.35. The van der Waals surface area contributed by atoms with Gasteiger partial charge in [-0.1, -0.05) is 0 Å². The van der Waals surface area contributed by atoms with Gasteiger partial charge in [-0.3, -0.25) is 0 Å². The average molecular weight is 246 g/mol. The van der Waals surface area contributed by atoms with E-state index in [0.717, 1.165) is 19.6 Å². The van der Waals surface area contributed by atoms with Crippen molar-refractivity contribution < 1.29 is 9.84 Å². The predicted octanol–water partition coefficient (Wildman–Crippen LogP) is 1.09. The molecule has 0 saturated heterocycles. The summed E-state index contributed by atoms with van der Waals surface area (Å²) in [6.45, 7) is 10.2. The standard InChI is InChI=1S/C13H30N2O2/c1-11(2)17-8-7-15(6)12(3)9-13(4,10-16)14-5/h11-12,14,16H,7-10H2,1-6H3. The first kappa shape index (κ1) is 16.8. The molecule has 0 rings (SSSR count). The number of aliphatic hydroxyl groups excluding tert-OH is 1. The van der Waals surface area contributed by atoms with Gasteiger partial charge >= 0.3 is 0 Å². The van der Waals surface area contributed by atoms with Crippen LogP contribution >= 0.6 is 0 Å². The van der Waals surface area contributed by atoms with E-state index in [-0.39, 0.29) is 12.1 Å². The molecule has 0 amide bonds. The third-order valence-electron chi connectivity index (χ3n) is 3.35. The first-order valence-electron chi connectivity index (χ1n) is 6.46. The third kappa shape index (κ3) is 6.99. The quantitative estimate of drug-likeness (QED) is 0.639. The summed E-state index contributed by atoms with van der Waals surface area (Å²) in [5.41, 5.74) is -0.202. The summed E-state index contributed by atoms with van der Waals surface area (Å²) in [4.78, 5) is 2.27. The summed E-state index contributed by atoms with van der Waals surface area (Å²) in [6.07, 6.45) is 1.21. The van der Waals surface area contributed by atoms with Crippen LogP contribution in [0.4, 0.5) is 0 Å². The van der Waals surface area contributed by atoms with Crippen LogP contribution in [-0.4, -0.2) is 61.5 Å². The van der Waals surface area contributed by atoms with Crippen molar-refractivity contribution in [2.24, 2.45) is 0 Å². The van der Waals surface area contributed by atoms with Gasteiger partial charge in [-0.25, -0.2) is 0 Å². The Kier molecular flexibility index (Phi) is 7.96. The zero-order chi connectivity index (χ0) is 13.5. The molecule has 2 N–H and O–H groups in total. The predicted molar refractivity (Wildman–Crippen MR) is 72.3 cm³/mol. The Hall–Kier alpha value is -0.160. The maximum absolute atomic E-state index is 9.36. The number of nitrogens with zero attached hydrogens (tertiary/aromatic N) is 1. The van der Waals surface area contributed by atoms with Crippen LogP contribution in [-0.2, 0) is 4.74 Å². The molecule has 0 bridgehead atoms. The highest BCUT2D eigenvalue weighted by atomic mass is 16.5. The summed E-state index contributed by atoms with van der Waals surface area (Å²) >= 11 is 0. The highest BCUT2D eigenvalue weighted by Gasteiger charge is 2.25. The summed E-state index contributed by atoms with van der Waals surface area (Å²) in [7, 11) is 3.99. The number of likely N-dealkylation sites (N-methyl/N-ethyl adjacent to an activating group) is 2. The number of hydrogen-bond donors (Lipinski definition) is 2. The molecule has 0 aromatic carbocycles. The van der Waals surface area contributed by atoms with Gasteiger partial charge in [0.1, 0.15) is 0 Å². The monoisotopic (exact) mass is 246 g/mol. The van der Waals surface area contributed by atoms with Crippen molar-refractivity contribution in [1.29, 1.82) is 0 Å². The molecule has 4 nitrogen and oxygen atoms in total. The molecular formula is C13H30N2O2. The van der Waals surface area contributed by atoms with E-state index in [1.807, 2.05) is 27.8 Å². The molecule has 0 spiro atoms. The summed E-state index contributed by atoms with van der Waals surface area (Å²) in [6, 6.07) is 0.412. The highest BCUT2D eigenvalue weighted by Crippen LogP contribution is 2.14. The lowest BCUT2D eigenvalue weighted by atomic mass is 9.94. The van der Waals surface area contributed by atoms with Crippen molar-refractivity contribution in [3.05, 3.63) is 0 Å². The van der Waals surface area contributed by atoms with E-state index >= 15 is 0 Å². The lowest BCUT2D eigenvalue weighted by Gasteiger charge is -2.34. The molecule has 0 aromatic heterocycles. The second-order valence-electron chi connectivity index (χ2n) is 5.42. The molecule has 0 saturated carbocycles. The minimum absolute atomic E-state index is 0.157. The van der Waals surface area contributed by atoms with Gasteiger partial charge in [-0.05, 0) is 48.2 Å². The van der Waals surface area contributed by atoms with Gasteiger partial charge in [0, 0.05) is 18.1 Å². The molecule has 17 heavy (non-hydrogen) atoms. The molecule has 0 aromatic rings. The number of hydrogen-bond acceptors (Lipinski definition) is 4. The van der Waals surface area contributed by atoms with Crippen molar-refractivity contribution >= 4 is 0 Å². The Labute approximate surface area is 106 Å². The first-order chi connectivity index (χ1) is 7.84. The van der Waals surface area contributed by atoms with Gasteiger partial charge in [0.2, 0.25) is 0 Å². The first-order valence-corrected chi connectivity index (χ1v) is 6.46. The maximum atomic E-state index is 9.36. The van der Waals surface area contributed by atoms with Crippen molar-refractivity contribution in [3.8, 4) is 0 Å². The van der Waals surface area contributed by atoms with Crippen LogP contribution in [0.25, 0.3) is 0 Å². The van der Waals surface area contributed by atoms with E-state index in [4.69, 9.17) is 4.74 Å². The largest absolute Gasteiger partial charge is 0.394 e. The topological polar surface area (TPSA) is 44.7 Å². The van der Waals surface area contributed by atoms with Crippen LogP contribution in [0.15, 0.2) is 0 Å². The molecule has 0 aliphatic heterocycles. The number of ether oxygens (including phenoxy) is 1. The Morgan fingerprint density at radius 3 is 2.35 bits per heavy atom. The van der Waals surface area contributed by atoms with Crippen LogP contribution in [0.3, 0.4) is 0 Å². The normalized spacial score (nSPS) is 17.5. The Balaban J connectivity index is 3.99. The number of nitrogens with one attached hydrogen (secondary N) is 1. The Bertz CT molecular complexity index is 194. The number of aliphatic hydroxyl groups is 1. The van der Waals surface area contributed by atoms with Crippen LogP contribution in [0, 0.1) is 0 Å². The van der Waals surface area contributed by atoms with E-state index in [0.29, 0.717) is 12.1 Å². The van der Waals surface area contributed by atoms with Crippen LogP contribution in [0.5, 0.6) is 0 Å². The second-order valence-corrected chi connectivity index (χ2v) is 5.42. The molecule has 104 valence electrons. The highest BCUT2D eigenvalue weighted by molar-refractivity contribution is 4.85. The molecule has 2 unspecified atom stereocenters. The molecule has 0 aliphatic carbocycles. The molecule has 0 heterocycles. The van der Waals surface area contributed by atoms with E-state index < -0.39 is 0 Å². The fourth-order valence-corrected chi connectivity index (χ4v) is 1.71. The minimum atomic E-state index is -0.202. The van der Waals surface area contributed by atoms with E-state index in [1.165, 1.54) is 0 Å². The molecule has 4 heteroatoms. The molecule has 2 atom stereocenters. The van der Waals surface area contributed by atoms with Crippen molar-refractivity contribution in [3.63, 3.8) is 0 Å². The zero-order valence-electron chi connectivity index (χ0n) is 12.3. The summed E-state index contributed by atoms with van der Waals surface area (Å²) < 4.78 is 5.54. The average Bonchev–Trinajstić information content (AvgIpc) is 2.28. The van der Waals surface area contributed by atoms with Crippen molar-refractivity contribution in [2.75, 3.05) is 33.9 Å². The fraction of sp³-hybridized carbons (Fsp3) is 1.00. The minimum Gasteiger partial charge on any atom is -0.394 e. The van der Waals surface area contributed by atoms with E-state index in [9.17, 15) is 5.11 Å². The van der Waals surface area contributed by atoms with E-state index in [2.05, 4.69) is 24.2 Å². The number of rotatable bonds is 9. The van der Waals surface area contributed by atoms with Crippen molar-refractivity contribution in [1.82, 2.24) is 10.2 Å². The Morgan fingerprint density at radius 1 is 1.35 bits per heavy atom. The van der Waals surface area contributed by atoms with E-state index in [1.54, 1.807) is 0 Å². The smallest absolute Gasteiger partial charge is 0.0611 e. The molecular weight excluding hydrogens is 216 g/mol. The molecule has 0 fully saturated rings. The summed E-state index contributed by atoms with van der Waals surface area (Å²) in [5.74, 6) is 0. The van der Waals surface area contributed by atoms with Gasteiger partial charge in [0.15, 0.2) is 0 Å². The van der Waals surface area contributed by atoms with Crippen LogP contribution in [0.1, 0.15) is 34.1 Å².